The summed E-state index contributed by atoms with van der Waals surface area (Å²) in [7, 11) is 2.02. The first-order chi connectivity index (χ1) is 8.97. The zero-order valence-electron chi connectivity index (χ0n) is 10.7. The van der Waals surface area contributed by atoms with Gasteiger partial charge in [-0.1, -0.05) is 0 Å². The number of hydrogen-bond acceptors (Lipinski definition) is 5. The molecule has 2 rings (SSSR count). The molecule has 4 N–H and O–H groups in total. The number of aromatic carboxylic acids is 1. The zero-order valence-corrected chi connectivity index (χ0v) is 10.7. The number of piperazine rings is 1. The number of carboxylic acids is 1. The first-order valence-corrected chi connectivity index (χ1v) is 6.00. The van der Waals surface area contributed by atoms with Crippen molar-refractivity contribution in [3.05, 3.63) is 23.5 Å². The molecule has 1 saturated heterocycles. The Morgan fingerprint density at radius 3 is 2.58 bits per heavy atom. The molecule has 0 aliphatic carbocycles. The Morgan fingerprint density at radius 2 is 2.00 bits per heavy atom. The molecular weight excluding hydrogens is 251 g/mol. The van der Waals surface area contributed by atoms with Crippen molar-refractivity contribution >= 4 is 17.3 Å². The number of carbonyl (C=O) groups is 1. The Hall–Kier alpha value is -1.86. The predicted molar refractivity (Wildman–Crippen MR) is 70.5 cm³/mol. The monoisotopic (exact) mass is 268 g/mol. The number of anilines is 2. The molecule has 1 aliphatic heterocycles. The fourth-order valence-corrected chi connectivity index (χ4v) is 1.95. The van der Waals surface area contributed by atoms with Crippen molar-refractivity contribution in [3.63, 3.8) is 0 Å². The van der Waals surface area contributed by atoms with E-state index in [1.165, 1.54) is 6.07 Å². The Morgan fingerprint density at radius 1 is 1.37 bits per heavy atom. The maximum atomic E-state index is 13.8. The summed E-state index contributed by atoms with van der Waals surface area (Å²) in [6, 6.07) is 2.26. The van der Waals surface area contributed by atoms with Crippen molar-refractivity contribution in [1.82, 2.24) is 9.91 Å². The summed E-state index contributed by atoms with van der Waals surface area (Å²) in [6.45, 7) is 3.22. The third-order valence-electron chi connectivity index (χ3n) is 3.15. The lowest BCUT2D eigenvalue weighted by Crippen LogP contribution is -2.47. The Labute approximate surface area is 110 Å². The highest BCUT2D eigenvalue weighted by atomic mass is 19.1. The molecular formula is C12H17FN4O2. The SMILES string of the molecule is CN1CCN(Nc2cc(C(=O)O)c(N)cc2F)CC1. The quantitative estimate of drug-likeness (QED) is 0.699. The fraction of sp³-hybridized carbons (Fsp3) is 0.417. The van der Waals surface area contributed by atoms with Gasteiger partial charge in [-0.2, -0.15) is 0 Å². The first-order valence-electron chi connectivity index (χ1n) is 6.00. The molecule has 0 amide bonds. The average Bonchev–Trinajstić information content (AvgIpc) is 2.34. The standard InChI is InChI=1S/C12H17FN4O2/c1-16-2-4-17(5-3-16)15-11-6-8(12(18)19)10(14)7-9(11)13/h6-7,15H,2-5,14H2,1H3,(H,18,19). The number of benzene rings is 1. The minimum atomic E-state index is -1.17. The summed E-state index contributed by atoms with van der Waals surface area (Å²) in [4.78, 5) is 13.1. The smallest absolute Gasteiger partial charge is 0.337 e. The van der Waals surface area contributed by atoms with Gasteiger partial charge in [0.2, 0.25) is 0 Å². The van der Waals surface area contributed by atoms with Gasteiger partial charge in [0.05, 0.1) is 11.3 Å². The topological polar surface area (TPSA) is 81.8 Å². The number of nitrogens with two attached hydrogens (primary N) is 1. The van der Waals surface area contributed by atoms with Crippen molar-refractivity contribution in [3.8, 4) is 0 Å². The van der Waals surface area contributed by atoms with Crippen LogP contribution in [0.4, 0.5) is 15.8 Å². The van der Waals surface area contributed by atoms with Crippen molar-refractivity contribution in [2.75, 3.05) is 44.4 Å². The van der Waals surface area contributed by atoms with E-state index in [1.54, 1.807) is 0 Å². The van der Waals surface area contributed by atoms with Crippen LogP contribution in [0, 0.1) is 5.82 Å². The van der Waals surface area contributed by atoms with Gasteiger partial charge in [-0.05, 0) is 19.2 Å². The minimum absolute atomic E-state index is 0.0751. The van der Waals surface area contributed by atoms with Gasteiger partial charge in [0, 0.05) is 31.9 Å². The molecule has 1 aromatic rings. The molecule has 7 heteroatoms. The Kier molecular flexibility index (Phi) is 3.87. The van der Waals surface area contributed by atoms with Crippen LogP contribution in [0.2, 0.25) is 0 Å². The lowest BCUT2D eigenvalue weighted by molar-refractivity contribution is 0.0698. The molecule has 104 valence electrons. The molecule has 0 bridgehead atoms. The molecule has 0 aromatic heterocycles. The first kappa shape index (κ1) is 13.6. The highest BCUT2D eigenvalue weighted by molar-refractivity contribution is 5.94. The van der Waals surface area contributed by atoms with Crippen molar-refractivity contribution in [2.45, 2.75) is 0 Å². The molecule has 1 fully saturated rings. The summed E-state index contributed by atoms with van der Waals surface area (Å²) < 4.78 is 13.8. The summed E-state index contributed by atoms with van der Waals surface area (Å²) >= 11 is 0. The van der Waals surface area contributed by atoms with Gasteiger partial charge in [-0.3, -0.25) is 0 Å². The highest BCUT2D eigenvalue weighted by Crippen LogP contribution is 2.23. The van der Waals surface area contributed by atoms with E-state index in [-0.39, 0.29) is 16.9 Å². The lowest BCUT2D eigenvalue weighted by atomic mass is 10.1. The Bertz CT molecular complexity index is 487. The van der Waals surface area contributed by atoms with E-state index < -0.39 is 11.8 Å². The van der Waals surface area contributed by atoms with Crippen molar-refractivity contribution in [2.24, 2.45) is 0 Å². The highest BCUT2D eigenvalue weighted by Gasteiger charge is 2.17. The van der Waals surface area contributed by atoms with E-state index in [4.69, 9.17) is 10.8 Å². The van der Waals surface area contributed by atoms with Gasteiger partial charge in [-0.25, -0.2) is 14.2 Å². The van der Waals surface area contributed by atoms with Gasteiger partial charge in [0.25, 0.3) is 0 Å². The molecule has 1 heterocycles. The fourth-order valence-electron chi connectivity index (χ4n) is 1.95. The molecule has 0 spiro atoms. The summed E-state index contributed by atoms with van der Waals surface area (Å²) in [5, 5.41) is 10.8. The van der Waals surface area contributed by atoms with Crippen molar-refractivity contribution < 1.29 is 14.3 Å². The van der Waals surface area contributed by atoms with Crippen LogP contribution in [-0.4, -0.2) is 54.2 Å². The summed E-state index contributed by atoms with van der Waals surface area (Å²) in [6.07, 6.45) is 0. The third-order valence-corrected chi connectivity index (χ3v) is 3.15. The maximum absolute atomic E-state index is 13.8. The van der Waals surface area contributed by atoms with Crippen LogP contribution in [0.3, 0.4) is 0 Å². The number of nitrogen functional groups attached to an aromatic ring is 1. The second-order valence-electron chi connectivity index (χ2n) is 4.63. The number of carboxylic acid groups (broad SMARTS) is 1. The molecule has 0 saturated carbocycles. The van der Waals surface area contributed by atoms with Gasteiger partial charge >= 0.3 is 5.97 Å². The summed E-state index contributed by atoms with van der Waals surface area (Å²) in [5.74, 6) is -1.72. The maximum Gasteiger partial charge on any atom is 0.337 e. The van der Waals surface area contributed by atoms with Gasteiger partial charge in [-0.15, -0.1) is 0 Å². The van der Waals surface area contributed by atoms with Crippen LogP contribution in [0.15, 0.2) is 12.1 Å². The summed E-state index contributed by atoms with van der Waals surface area (Å²) in [5.41, 5.74) is 8.34. The predicted octanol–water partition coefficient (Wildman–Crippen LogP) is 0.680. The normalized spacial score (nSPS) is 17.4. The third kappa shape index (κ3) is 3.12. The average molecular weight is 268 g/mol. The second kappa shape index (κ2) is 5.41. The number of likely N-dealkylation sites (N-methyl/N-ethyl adjacent to an activating group) is 1. The molecule has 0 unspecified atom stereocenters. The molecule has 0 radical (unpaired) electrons. The molecule has 1 aliphatic rings. The number of hydrazine groups is 1. The van der Waals surface area contributed by atoms with Crippen LogP contribution in [0.25, 0.3) is 0 Å². The van der Waals surface area contributed by atoms with Crippen LogP contribution in [0.1, 0.15) is 10.4 Å². The molecule has 0 atom stereocenters. The lowest BCUT2D eigenvalue weighted by Gasteiger charge is -2.33. The number of rotatable bonds is 3. The van der Waals surface area contributed by atoms with E-state index in [2.05, 4.69) is 10.3 Å². The van der Waals surface area contributed by atoms with E-state index in [9.17, 15) is 9.18 Å². The number of halogens is 1. The minimum Gasteiger partial charge on any atom is -0.478 e. The molecule has 1 aromatic carbocycles. The van der Waals surface area contributed by atoms with Crippen LogP contribution >= 0.6 is 0 Å². The largest absolute Gasteiger partial charge is 0.478 e. The van der Waals surface area contributed by atoms with E-state index in [0.29, 0.717) is 0 Å². The van der Waals surface area contributed by atoms with Crippen LogP contribution in [0.5, 0.6) is 0 Å². The van der Waals surface area contributed by atoms with E-state index in [0.717, 1.165) is 32.2 Å². The van der Waals surface area contributed by atoms with E-state index in [1.807, 2.05) is 12.1 Å². The van der Waals surface area contributed by atoms with Gasteiger partial charge in [0.15, 0.2) is 0 Å². The van der Waals surface area contributed by atoms with E-state index >= 15 is 0 Å². The van der Waals surface area contributed by atoms with Crippen molar-refractivity contribution in [1.29, 1.82) is 0 Å². The number of nitrogens with zero attached hydrogens (tertiary/aromatic N) is 2. The van der Waals surface area contributed by atoms with Crippen LogP contribution < -0.4 is 11.2 Å². The van der Waals surface area contributed by atoms with Crippen LogP contribution in [-0.2, 0) is 0 Å². The zero-order chi connectivity index (χ0) is 14.0. The molecule has 19 heavy (non-hydrogen) atoms. The number of hydrogen-bond donors (Lipinski definition) is 3. The number of nitrogens with one attached hydrogen (secondary N) is 1. The molecule has 6 nitrogen and oxygen atoms in total. The Balaban J connectivity index is 2.15. The van der Waals surface area contributed by atoms with Gasteiger partial charge in [0.1, 0.15) is 5.82 Å². The second-order valence-corrected chi connectivity index (χ2v) is 4.63. The van der Waals surface area contributed by atoms with Gasteiger partial charge < -0.3 is 21.2 Å².